The zero-order chi connectivity index (χ0) is 37.2. The Hall–Kier alpha value is -6.32. The minimum Gasteiger partial charge on any atom is -0.364 e. The minimum absolute atomic E-state index is 0.193. The highest BCUT2D eigenvalue weighted by Crippen LogP contribution is 2.40. The number of allylic oxidation sites excluding steroid dienone is 9. The Kier molecular flexibility index (Phi) is 7.94. The number of aryl methyl sites for hydroxylation is 1. The smallest absolute Gasteiger partial charge is 0.112 e. The summed E-state index contributed by atoms with van der Waals surface area (Å²) in [6.45, 7) is 2.25. The van der Waals surface area contributed by atoms with Gasteiger partial charge in [-0.1, -0.05) is 122 Å². The van der Waals surface area contributed by atoms with E-state index in [1.54, 1.807) is 0 Å². The molecule has 0 amide bonds. The topological polar surface area (TPSA) is 21.9 Å². The van der Waals surface area contributed by atoms with Crippen LogP contribution in [0.3, 0.4) is 0 Å². The minimum atomic E-state index is 0.193. The van der Waals surface area contributed by atoms with Gasteiger partial charge in [-0.2, -0.15) is 0 Å². The van der Waals surface area contributed by atoms with E-state index in [9.17, 15) is 0 Å². The second-order valence-corrected chi connectivity index (χ2v) is 15.8. The summed E-state index contributed by atoms with van der Waals surface area (Å²) >= 11 is 0. The van der Waals surface area contributed by atoms with Crippen molar-refractivity contribution in [3.8, 4) is 11.1 Å². The maximum Gasteiger partial charge on any atom is 0.112 e. The van der Waals surface area contributed by atoms with Crippen molar-refractivity contribution in [1.82, 2.24) is 14.5 Å². The first-order valence-corrected chi connectivity index (χ1v) is 20.5. The number of para-hydroxylation sites is 1. The number of hydrogen-bond acceptors (Lipinski definition) is 1. The Bertz CT molecular complexity index is 3080. The molecule has 0 fully saturated rings. The fourth-order valence-corrected chi connectivity index (χ4v) is 9.72. The SMILES string of the molecule is CCc1ccc2c(c1)c1cc(-c3ccc4c(c3)c3ccccc3n4C3=CC(C4=CCCC=C4)=CC(C4C=CC=CC4)N3)ccc1n2C1=c2ccccc2=CCC1. The van der Waals surface area contributed by atoms with E-state index in [-0.39, 0.29) is 6.04 Å². The fourth-order valence-electron chi connectivity index (χ4n) is 9.72. The molecule has 7 aromatic rings. The molecule has 272 valence electrons. The molecule has 56 heavy (non-hydrogen) atoms. The van der Waals surface area contributed by atoms with Crippen LogP contribution in [0.5, 0.6) is 0 Å². The third-order valence-electron chi connectivity index (χ3n) is 12.5. The average Bonchev–Trinajstić information content (AvgIpc) is 3.78. The van der Waals surface area contributed by atoms with Crippen LogP contribution in [-0.4, -0.2) is 15.2 Å². The first-order chi connectivity index (χ1) is 27.7. The molecule has 4 aliphatic rings. The molecular formula is C53H45N3. The molecular weight excluding hydrogens is 679 g/mol. The predicted octanol–water partition coefficient (Wildman–Crippen LogP) is 11.5. The van der Waals surface area contributed by atoms with E-state index >= 15 is 0 Å². The lowest BCUT2D eigenvalue weighted by molar-refractivity contribution is 0.519. The van der Waals surface area contributed by atoms with Gasteiger partial charge < -0.3 is 9.88 Å². The summed E-state index contributed by atoms with van der Waals surface area (Å²) in [4.78, 5) is 0. The highest BCUT2D eigenvalue weighted by Gasteiger charge is 2.26. The van der Waals surface area contributed by atoms with Crippen LogP contribution in [0.4, 0.5) is 0 Å². The van der Waals surface area contributed by atoms with Gasteiger partial charge in [0.05, 0.1) is 28.1 Å². The Labute approximate surface area is 328 Å². The van der Waals surface area contributed by atoms with Crippen LogP contribution in [-0.2, 0) is 6.42 Å². The third-order valence-corrected chi connectivity index (χ3v) is 12.5. The Morgan fingerprint density at radius 1 is 0.643 bits per heavy atom. The molecule has 0 saturated heterocycles. The molecule has 2 unspecified atom stereocenters. The van der Waals surface area contributed by atoms with Crippen LogP contribution >= 0.6 is 0 Å². The Morgan fingerprint density at radius 3 is 2.20 bits per heavy atom. The van der Waals surface area contributed by atoms with Gasteiger partial charge in [-0.3, -0.25) is 4.57 Å². The molecule has 2 aromatic heterocycles. The molecule has 0 radical (unpaired) electrons. The van der Waals surface area contributed by atoms with Crippen molar-refractivity contribution in [3.05, 3.63) is 185 Å². The van der Waals surface area contributed by atoms with Crippen molar-refractivity contribution < 1.29 is 0 Å². The van der Waals surface area contributed by atoms with Crippen molar-refractivity contribution in [2.24, 2.45) is 5.92 Å². The van der Waals surface area contributed by atoms with Gasteiger partial charge in [-0.25, -0.2) is 0 Å². The van der Waals surface area contributed by atoms with Gasteiger partial charge in [0, 0.05) is 38.4 Å². The van der Waals surface area contributed by atoms with E-state index in [1.165, 1.54) is 87.6 Å². The fraction of sp³-hybridized carbons (Fsp3) is 0.170. The standard InChI is InChI=1S/C53H45N3/c1-2-35-24-27-50-44(30-35)46-32-40(25-28-51(46)55(50)48-23-13-19-37-16-9-10-20-42(37)48)39-26-29-52-45(31-39)43-21-11-12-22-49(43)56(52)53-34-41(36-14-5-3-6-15-36)33-47(54-53)38-17-7-4-8-18-38/h4-5,7-12,14-17,19-22,24-34,38,47,54H,2-3,6,13,18,23H2,1H3. The molecule has 0 spiro atoms. The molecule has 5 aromatic carbocycles. The number of benzene rings is 5. The van der Waals surface area contributed by atoms with Crippen LogP contribution in [0.1, 0.15) is 44.6 Å². The van der Waals surface area contributed by atoms with Gasteiger partial charge in [0.25, 0.3) is 0 Å². The predicted molar refractivity (Wildman–Crippen MR) is 238 cm³/mol. The van der Waals surface area contributed by atoms with Crippen LogP contribution in [0.2, 0.25) is 0 Å². The van der Waals surface area contributed by atoms with Crippen molar-refractivity contribution in [2.45, 2.75) is 51.5 Å². The number of hydrogen-bond donors (Lipinski definition) is 1. The van der Waals surface area contributed by atoms with E-state index in [4.69, 9.17) is 0 Å². The van der Waals surface area contributed by atoms with Gasteiger partial charge in [0.2, 0.25) is 0 Å². The van der Waals surface area contributed by atoms with Gasteiger partial charge in [-0.15, -0.1) is 0 Å². The third kappa shape index (κ3) is 5.40. The lowest BCUT2D eigenvalue weighted by atomic mass is 9.87. The number of dihydropyridines is 1. The van der Waals surface area contributed by atoms with Crippen molar-refractivity contribution in [1.29, 1.82) is 0 Å². The van der Waals surface area contributed by atoms with E-state index < -0.39 is 0 Å². The Morgan fingerprint density at radius 2 is 1.39 bits per heavy atom. The molecule has 3 nitrogen and oxygen atoms in total. The molecule has 2 atom stereocenters. The van der Waals surface area contributed by atoms with Gasteiger partial charge in [0.1, 0.15) is 5.82 Å². The molecule has 1 aliphatic heterocycles. The number of aromatic nitrogens is 2. The second kappa shape index (κ2) is 13.5. The quantitative estimate of drug-likeness (QED) is 0.181. The van der Waals surface area contributed by atoms with Gasteiger partial charge in [0.15, 0.2) is 0 Å². The van der Waals surface area contributed by atoms with Crippen LogP contribution in [0.25, 0.3) is 72.3 Å². The second-order valence-electron chi connectivity index (χ2n) is 15.8. The largest absolute Gasteiger partial charge is 0.364 e. The van der Waals surface area contributed by atoms with Crippen LogP contribution in [0, 0.1) is 5.92 Å². The van der Waals surface area contributed by atoms with Crippen molar-refractivity contribution >= 4 is 61.2 Å². The first-order valence-electron chi connectivity index (χ1n) is 20.5. The molecule has 3 heteroatoms. The van der Waals surface area contributed by atoms with Crippen molar-refractivity contribution in [3.63, 3.8) is 0 Å². The molecule has 0 bridgehead atoms. The first kappa shape index (κ1) is 33.1. The van der Waals surface area contributed by atoms with E-state index in [1.807, 2.05) is 0 Å². The van der Waals surface area contributed by atoms with Crippen LogP contribution < -0.4 is 15.8 Å². The summed E-state index contributed by atoms with van der Waals surface area (Å²) in [6.07, 6.45) is 29.6. The Balaban J connectivity index is 1.07. The summed E-state index contributed by atoms with van der Waals surface area (Å²) in [5.41, 5.74) is 12.9. The number of nitrogens with one attached hydrogen (secondary N) is 1. The molecule has 11 rings (SSSR count). The summed E-state index contributed by atoms with van der Waals surface area (Å²) in [7, 11) is 0. The molecule has 0 saturated carbocycles. The number of nitrogens with zero attached hydrogens (tertiary/aromatic N) is 2. The lowest BCUT2D eigenvalue weighted by Gasteiger charge is -2.31. The summed E-state index contributed by atoms with van der Waals surface area (Å²) in [6, 6.07) is 39.3. The molecule has 3 heterocycles. The number of fused-ring (bicyclic) bond motifs is 7. The highest BCUT2D eigenvalue weighted by molar-refractivity contribution is 6.13. The zero-order valence-electron chi connectivity index (χ0n) is 31.9. The summed E-state index contributed by atoms with van der Waals surface area (Å²) < 4.78 is 5.01. The van der Waals surface area contributed by atoms with Gasteiger partial charge >= 0.3 is 0 Å². The monoisotopic (exact) mass is 723 g/mol. The summed E-state index contributed by atoms with van der Waals surface area (Å²) in [5, 5.41) is 11.9. The zero-order valence-corrected chi connectivity index (χ0v) is 31.9. The van der Waals surface area contributed by atoms with E-state index in [0.29, 0.717) is 5.92 Å². The van der Waals surface area contributed by atoms with E-state index in [0.717, 1.165) is 44.3 Å². The number of rotatable bonds is 6. The van der Waals surface area contributed by atoms with Crippen molar-refractivity contribution in [2.75, 3.05) is 0 Å². The maximum atomic E-state index is 4.01. The maximum absolute atomic E-state index is 4.01. The average molecular weight is 724 g/mol. The highest BCUT2D eigenvalue weighted by atomic mass is 15.2. The normalized spacial score (nSPS) is 19.2. The van der Waals surface area contributed by atoms with Gasteiger partial charge in [-0.05, 0) is 120 Å². The van der Waals surface area contributed by atoms with E-state index in [2.05, 4.69) is 185 Å². The van der Waals surface area contributed by atoms with Crippen LogP contribution in [0.15, 0.2) is 169 Å². The summed E-state index contributed by atoms with van der Waals surface area (Å²) in [5.74, 6) is 1.53. The molecule has 1 N–H and O–H groups in total. The lowest BCUT2D eigenvalue weighted by Crippen LogP contribution is -2.37. The molecule has 3 aliphatic carbocycles.